The number of hydrogen-bond donors (Lipinski definition) is 2. The van der Waals surface area contributed by atoms with Gasteiger partial charge >= 0.3 is 0 Å². The lowest BCUT2D eigenvalue weighted by Gasteiger charge is -2.22. The van der Waals surface area contributed by atoms with E-state index in [0.717, 1.165) is 36.4 Å². The maximum Gasteiger partial charge on any atom is 0.269 e. The lowest BCUT2D eigenvalue weighted by molar-refractivity contribution is 0.0948. The van der Waals surface area contributed by atoms with E-state index in [2.05, 4.69) is 59.5 Å². The summed E-state index contributed by atoms with van der Waals surface area (Å²) in [5.41, 5.74) is 4.70. The van der Waals surface area contributed by atoms with Gasteiger partial charge in [0.05, 0.1) is 0 Å². The first kappa shape index (κ1) is 18.8. The Kier molecular flexibility index (Phi) is 6.81. The van der Waals surface area contributed by atoms with Gasteiger partial charge in [-0.05, 0) is 63.1 Å². The van der Waals surface area contributed by atoms with Crippen LogP contribution in [-0.2, 0) is 0 Å². The van der Waals surface area contributed by atoms with Crippen molar-refractivity contribution >= 4 is 23.0 Å². The normalized spacial score (nSPS) is 10.4. The van der Waals surface area contributed by atoms with E-state index in [1.165, 1.54) is 5.69 Å². The molecule has 1 amide bonds. The monoisotopic (exact) mass is 340 g/mol. The van der Waals surface area contributed by atoms with E-state index in [-0.39, 0.29) is 5.91 Å². The van der Waals surface area contributed by atoms with E-state index in [1.807, 2.05) is 13.0 Å². The van der Waals surface area contributed by atoms with Crippen LogP contribution in [0.4, 0.5) is 17.1 Å². The molecule has 2 aromatic rings. The van der Waals surface area contributed by atoms with Crippen LogP contribution < -0.4 is 15.5 Å². The Bertz CT molecular complexity index is 711. The Morgan fingerprint density at radius 3 is 2.52 bits per heavy atom. The predicted octanol–water partition coefficient (Wildman–Crippen LogP) is 4.12. The number of carbonyl (C=O) groups is 1. The molecule has 0 saturated carbocycles. The molecule has 0 radical (unpaired) electrons. The minimum atomic E-state index is -0.140. The molecule has 0 saturated heterocycles. The molecule has 2 N–H and O–H groups in total. The van der Waals surface area contributed by atoms with Gasteiger partial charge in [0.2, 0.25) is 0 Å². The molecule has 0 aliphatic carbocycles. The topological polar surface area (TPSA) is 57.3 Å². The summed E-state index contributed by atoms with van der Waals surface area (Å²) in [6.07, 6.45) is 2.56. The molecule has 2 rings (SSSR count). The van der Waals surface area contributed by atoms with Crippen molar-refractivity contribution in [3.63, 3.8) is 0 Å². The molecule has 0 fully saturated rings. The molecule has 0 atom stereocenters. The van der Waals surface area contributed by atoms with Crippen LogP contribution in [0.25, 0.3) is 0 Å². The van der Waals surface area contributed by atoms with E-state index in [1.54, 1.807) is 12.3 Å². The van der Waals surface area contributed by atoms with Crippen LogP contribution >= 0.6 is 0 Å². The molecule has 5 nitrogen and oxygen atoms in total. The predicted molar refractivity (Wildman–Crippen MR) is 105 cm³/mol. The maximum absolute atomic E-state index is 12.1. The summed E-state index contributed by atoms with van der Waals surface area (Å²) in [5, 5.41) is 6.24. The van der Waals surface area contributed by atoms with Crippen molar-refractivity contribution in [1.29, 1.82) is 0 Å². The highest BCUT2D eigenvalue weighted by Gasteiger charge is 2.09. The first-order chi connectivity index (χ1) is 12.1. The summed E-state index contributed by atoms with van der Waals surface area (Å²) >= 11 is 0. The third-order valence-corrected chi connectivity index (χ3v) is 4.15. The Hall–Kier alpha value is -2.56. The zero-order valence-electron chi connectivity index (χ0n) is 15.6. The van der Waals surface area contributed by atoms with Crippen molar-refractivity contribution in [3.05, 3.63) is 47.8 Å². The number of nitrogens with zero attached hydrogens (tertiary/aromatic N) is 2. The number of rotatable bonds is 8. The number of benzene rings is 1. The van der Waals surface area contributed by atoms with Crippen LogP contribution in [0.5, 0.6) is 0 Å². The summed E-state index contributed by atoms with van der Waals surface area (Å²) < 4.78 is 0. The van der Waals surface area contributed by atoms with Crippen LogP contribution in [0.15, 0.2) is 36.5 Å². The maximum atomic E-state index is 12.1. The van der Waals surface area contributed by atoms with Gasteiger partial charge in [0.25, 0.3) is 5.91 Å². The fraction of sp³-hybridized carbons (Fsp3) is 0.400. The molecule has 0 aliphatic heterocycles. The molecule has 5 heteroatoms. The molecular weight excluding hydrogens is 312 g/mol. The van der Waals surface area contributed by atoms with Gasteiger partial charge in [0, 0.05) is 42.9 Å². The molecule has 0 aliphatic rings. The third kappa shape index (κ3) is 4.95. The average molecular weight is 340 g/mol. The molecule has 0 spiro atoms. The Labute approximate surface area is 150 Å². The van der Waals surface area contributed by atoms with Crippen molar-refractivity contribution in [1.82, 2.24) is 10.3 Å². The highest BCUT2D eigenvalue weighted by atomic mass is 16.1. The first-order valence-electron chi connectivity index (χ1n) is 8.95. The minimum absolute atomic E-state index is 0.140. The largest absolute Gasteiger partial charge is 0.372 e. The lowest BCUT2D eigenvalue weighted by atomic mass is 10.1. The van der Waals surface area contributed by atoms with Crippen LogP contribution in [0, 0.1) is 6.92 Å². The van der Waals surface area contributed by atoms with Crippen LogP contribution in [0.1, 0.15) is 43.2 Å². The second-order valence-corrected chi connectivity index (χ2v) is 5.98. The summed E-state index contributed by atoms with van der Waals surface area (Å²) in [6.45, 7) is 11.1. The number of nitrogens with one attached hydrogen (secondary N) is 2. The van der Waals surface area contributed by atoms with Crippen LogP contribution in [0.3, 0.4) is 0 Å². The highest BCUT2D eigenvalue weighted by molar-refractivity contribution is 5.93. The molecule has 0 unspecified atom stereocenters. The van der Waals surface area contributed by atoms with E-state index >= 15 is 0 Å². The number of carbonyl (C=O) groups excluding carboxylic acids is 1. The summed E-state index contributed by atoms with van der Waals surface area (Å²) in [7, 11) is 0. The summed E-state index contributed by atoms with van der Waals surface area (Å²) in [6, 6.07) is 10.0. The van der Waals surface area contributed by atoms with Gasteiger partial charge in [-0.25, -0.2) is 0 Å². The van der Waals surface area contributed by atoms with E-state index in [0.29, 0.717) is 12.2 Å². The zero-order chi connectivity index (χ0) is 18.2. The molecule has 1 heterocycles. The molecule has 1 aromatic heterocycles. The standard InChI is InChI=1S/C20H28N4O/c1-5-11-22-20(25)19-14-16(10-12-21-19)23-18-9-8-17(13-15(18)4)24(6-2)7-3/h8-10,12-14H,5-7,11H2,1-4H3,(H,21,23)(H,22,25). The Balaban J connectivity index is 2.15. The zero-order valence-corrected chi connectivity index (χ0v) is 15.6. The van der Waals surface area contributed by atoms with Gasteiger partial charge in [0.1, 0.15) is 5.69 Å². The number of hydrogen-bond acceptors (Lipinski definition) is 4. The summed E-state index contributed by atoms with van der Waals surface area (Å²) in [4.78, 5) is 18.5. The quantitative estimate of drug-likeness (QED) is 0.759. The van der Waals surface area contributed by atoms with Crippen molar-refractivity contribution in [3.8, 4) is 0 Å². The Morgan fingerprint density at radius 2 is 1.88 bits per heavy atom. The number of aryl methyl sites for hydroxylation is 1. The van der Waals surface area contributed by atoms with Crippen LogP contribution in [0.2, 0.25) is 0 Å². The second-order valence-electron chi connectivity index (χ2n) is 5.98. The van der Waals surface area contributed by atoms with E-state index in [9.17, 15) is 4.79 Å². The molecular formula is C20H28N4O. The highest BCUT2D eigenvalue weighted by Crippen LogP contribution is 2.25. The van der Waals surface area contributed by atoms with Crippen LogP contribution in [-0.4, -0.2) is 30.5 Å². The van der Waals surface area contributed by atoms with Crippen molar-refractivity contribution in [2.24, 2.45) is 0 Å². The van der Waals surface area contributed by atoms with Crippen molar-refractivity contribution < 1.29 is 4.79 Å². The third-order valence-electron chi connectivity index (χ3n) is 4.15. The fourth-order valence-corrected chi connectivity index (χ4v) is 2.69. The number of aromatic nitrogens is 1. The van der Waals surface area contributed by atoms with E-state index in [4.69, 9.17) is 0 Å². The first-order valence-corrected chi connectivity index (χ1v) is 8.95. The van der Waals surface area contributed by atoms with Gasteiger partial charge in [-0.3, -0.25) is 9.78 Å². The van der Waals surface area contributed by atoms with Gasteiger partial charge in [-0.15, -0.1) is 0 Å². The van der Waals surface area contributed by atoms with Gasteiger partial charge < -0.3 is 15.5 Å². The van der Waals surface area contributed by atoms with Crippen molar-refractivity contribution in [2.45, 2.75) is 34.1 Å². The van der Waals surface area contributed by atoms with Crippen molar-refractivity contribution in [2.75, 3.05) is 29.9 Å². The molecule has 0 bridgehead atoms. The fourth-order valence-electron chi connectivity index (χ4n) is 2.69. The number of pyridine rings is 1. The van der Waals surface area contributed by atoms with Gasteiger partial charge in [-0.1, -0.05) is 6.92 Å². The van der Waals surface area contributed by atoms with Gasteiger partial charge in [0.15, 0.2) is 0 Å². The molecule has 25 heavy (non-hydrogen) atoms. The number of anilines is 3. The minimum Gasteiger partial charge on any atom is -0.372 e. The lowest BCUT2D eigenvalue weighted by Crippen LogP contribution is -2.24. The van der Waals surface area contributed by atoms with E-state index < -0.39 is 0 Å². The SMILES string of the molecule is CCCNC(=O)c1cc(Nc2ccc(N(CC)CC)cc2C)ccn1. The van der Waals surface area contributed by atoms with Gasteiger partial charge in [-0.2, -0.15) is 0 Å². The summed E-state index contributed by atoms with van der Waals surface area (Å²) in [5.74, 6) is -0.140. The molecule has 134 valence electrons. The smallest absolute Gasteiger partial charge is 0.269 e. The number of amides is 1. The second kappa shape index (κ2) is 9.06. The Morgan fingerprint density at radius 1 is 1.12 bits per heavy atom. The molecule has 1 aromatic carbocycles. The average Bonchev–Trinajstić information content (AvgIpc) is 2.63.